The van der Waals surface area contributed by atoms with Crippen molar-refractivity contribution in [3.05, 3.63) is 47.7 Å². The Kier molecular flexibility index (Phi) is 4.10. The number of para-hydroxylation sites is 1. The number of halogens is 1. The fourth-order valence-corrected chi connectivity index (χ4v) is 2.69. The van der Waals surface area contributed by atoms with E-state index in [1.165, 1.54) is 6.07 Å². The number of benzene rings is 1. The van der Waals surface area contributed by atoms with E-state index in [0.717, 1.165) is 31.6 Å². The Morgan fingerprint density at radius 1 is 1.14 bits per heavy atom. The maximum absolute atomic E-state index is 14.1. The summed E-state index contributed by atoms with van der Waals surface area (Å²) in [6.45, 7) is 2.20. The molecule has 1 aliphatic heterocycles. The molecule has 0 amide bonds. The van der Waals surface area contributed by atoms with Gasteiger partial charge in [0.05, 0.1) is 17.9 Å². The van der Waals surface area contributed by atoms with Gasteiger partial charge in [-0.25, -0.2) is 4.39 Å². The number of hydrogen-bond donors (Lipinski definition) is 2. The number of aliphatic hydroxyl groups excluding tert-OH is 1. The molecule has 4 nitrogen and oxygen atoms in total. The van der Waals surface area contributed by atoms with Crippen LogP contribution in [0.5, 0.6) is 0 Å². The minimum Gasteiger partial charge on any atom is -0.462 e. The summed E-state index contributed by atoms with van der Waals surface area (Å²) in [4.78, 5) is 2.20. The van der Waals surface area contributed by atoms with Crippen LogP contribution in [0.1, 0.15) is 24.4 Å². The van der Waals surface area contributed by atoms with E-state index >= 15 is 0 Å². The van der Waals surface area contributed by atoms with Gasteiger partial charge in [-0.15, -0.1) is 0 Å². The lowest BCUT2D eigenvalue weighted by atomic mass is 10.2. The minimum atomic E-state index is -0.256. The molecule has 1 aromatic heterocycles. The first-order valence-electron chi connectivity index (χ1n) is 7.23. The van der Waals surface area contributed by atoms with Crippen LogP contribution in [0.3, 0.4) is 0 Å². The third-order valence-corrected chi connectivity index (χ3v) is 3.75. The zero-order chi connectivity index (χ0) is 14.7. The van der Waals surface area contributed by atoms with E-state index in [0.29, 0.717) is 23.8 Å². The molecule has 0 atom stereocenters. The highest BCUT2D eigenvalue weighted by molar-refractivity contribution is 5.71. The van der Waals surface area contributed by atoms with Crippen molar-refractivity contribution < 1.29 is 13.9 Å². The Balaban J connectivity index is 1.77. The Hall–Kier alpha value is -2.01. The Labute approximate surface area is 123 Å². The summed E-state index contributed by atoms with van der Waals surface area (Å²) in [5.41, 5.74) is 1.42. The number of nitrogens with one attached hydrogen (secondary N) is 1. The van der Waals surface area contributed by atoms with Crippen LogP contribution in [0.15, 0.2) is 34.7 Å². The number of nitrogens with zero attached hydrogens (tertiary/aromatic N) is 1. The average Bonchev–Trinajstić information content (AvgIpc) is 3.17. The number of hydrogen-bond acceptors (Lipinski definition) is 4. The highest BCUT2D eigenvalue weighted by atomic mass is 19.1. The molecule has 0 aliphatic carbocycles. The van der Waals surface area contributed by atoms with E-state index in [4.69, 9.17) is 9.52 Å². The molecule has 21 heavy (non-hydrogen) atoms. The molecule has 1 fully saturated rings. The molecule has 112 valence electrons. The summed E-state index contributed by atoms with van der Waals surface area (Å²) in [5, 5.41) is 12.1. The number of rotatable bonds is 5. The molecule has 5 heteroatoms. The van der Waals surface area contributed by atoms with Gasteiger partial charge in [0.1, 0.15) is 23.9 Å². The fourth-order valence-electron chi connectivity index (χ4n) is 2.69. The van der Waals surface area contributed by atoms with Crippen LogP contribution >= 0.6 is 0 Å². The first-order valence-corrected chi connectivity index (χ1v) is 7.23. The van der Waals surface area contributed by atoms with Gasteiger partial charge in [0, 0.05) is 13.1 Å². The Bertz CT molecular complexity index is 606. The first-order chi connectivity index (χ1) is 10.3. The predicted molar refractivity (Wildman–Crippen MR) is 79.8 cm³/mol. The van der Waals surface area contributed by atoms with Crippen LogP contribution in [0.25, 0.3) is 0 Å². The van der Waals surface area contributed by atoms with Gasteiger partial charge in [0.15, 0.2) is 0 Å². The largest absolute Gasteiger partial charge is 0.462 e. The zero-order valence-corrected chi connectivity index (χ0v) is 11.8. The molecule has 0 bridgehead atoms. The van der Waals surface area contributed by atoms with Crippen LogP contribution in [-0.4, -0.2) is 18.2 Å². The van der Waals surface area contributed by atoms with Gasteiger partial charge in [0.2, 0.25) is 0 Å². The first kappa shape index (κ1) is 13.9. The predicted octanol–water partition coefficient (Wildman–Crippen LogP) is 3.12. The molecule has 2 N–H and O–H groups in total. The summed E-state index contributed by atoms with van der Waals surface area (Å²) >= 11 is 0. The van der Waals surface area contributed by atoms with E-state index in [1.54, 1.807) is 18.2 Å². The summed E-state index contributed by atoms with van der Waals surface area (Å²) in [7, 11) is 0. The van der Waals surface area contributed by atoms with Crippen molar-refractivity contribution in [3.8, 4) is 0 Å². The van der Waals surface area contributed by atoms with E-state index in [-0.39, 0.29) is 12.4 Å². The number of anilines is 2. The Morgan fingerprint density at radius 2 is 1.90 bits per heavy atom. The zero-order valence-electron chi connectivity index (χ0n) is 11.8. The average molecular weight is 290 g/mol. The normalized spacial score (nSPS) is 14.7. The summed E-state index contributed by atoms with van der Waals surface area (Å²) in [6.07, 6.45) is 2.29. The Morgan fingerprint density at radius 3 is 2.62 bits per heavy atom. The lowest BCUT2D eigenvalue weighted by Gasteiger charge is -2.22. The smallest absolute Gasteiger partial charge is 0.148 e. The van der Waals surface area contributed by atoms with Gasteiger partial charge in [-0.2, -0.15) is 0 Å². The second-order valence-corrected chi connectivity index (χ2v) is 5.21. The van der Waals surface area contributed by atoms with Crippen molar-refractivity contribution in [2.75, 3.05) is 23.3 Å². The standard InChI is InChI=1S/C16H19FN2O2/c17-14-4-3-5-15(19-8-1-2-9-19)16(14)18-10-12-6-7-13(11-20)21-12/h3-7,18,20H,1-2,8-11H2. The van der Waals surface area contributed by atoms with Gasteiger partial charge in [-0.3, -0.25) is 0 Å². The van der Waals surface area contributed by atoms with Crippen LogP contribution in [-0.2, 0) is 13.2 Å². The van der Waals surface area contributed by atoms with Gasteiger partial charge in [-0.05, 0) is 37.1 Å². The van der Waals surface area contributed by atoms with Gasteiger partial charge in [0.25, 0.3) is 0 Å². The molecular formula is C16H19FN2O2. The van der Waals surface area contributed by atoms with Crippen molar-refractivity contribution in [3.63, 3.8) is 0 Å². The van der Waals surface area contributed by atoms with E-state index in [2.05, 4.69) is 10.2 Å². The van der Waals surface area contributed by atoms with Crippen LogP contribution in [0, 0.1) is 5.82 Å². The second-order valence-electron chi connectivity index (χ2n) is 5.21. The van der Waals surface area contributed by atoms with Crippen molar-refractivity contribution in [2.45, 2.75) is 26.0 Å². The SMILES string of the molecule is OCc1ccc(CNc2c(F)cccc2N2CCCC2)o1. The molecule has 1 saturated heterocycles. The highest BCUT2D eigenvalue weighted by Crippen LogP contribution is 2.31. The molecule has 0 saturated carbocycles. The quantitative estimate of drug-likeness (QED) is 0.888. The minimum absolute atomic E-state index is 0.126. The molecule has 1 aromatic carbocycles. The van der Waals surface area contributed by atoms with Gasteiger partial charge < -0.3 is 19.7 Å². The van der Waals surface area contributed by atoms with E-state index < -0.39 is 0 Å². The third-order valence-electron chi connectivity index (χ3n) is 3.75. The number of aliphatic hydroxyl groups is 1. The van der Waals surface area contributed by atoms with Crippen molar-refractivity contribution in [1.29, 1.82) is 0 Å². The lowest BCUT2D eigenvalue weighted by Crippen LogP contribution is -2.19. The van der Waals surface area contributed by atoms with Crippen molar-refractivity contribution in [2.24, 2.45) is 0 Å². The van der Waals surface area contributed by atoms with Crippen LogP contribution < -0.4 is 10.2 Å². The number of furan rings is 1. The van der Waals surface area contributed by atoms with Crippen molar-refractivity contribution >= 4 is 11.4 Å². The maximum atomic E-state index is 14.1. The summed E-state index contributed by atoms with van der Waals surface area (Å²) in [5.74, 6) is 0.933. The molecular weight excluding hydrogens is 271 g/mol. The van der Waals surface area contributed by atoms with Gasteiger partial charge in [-0.1, -0.05) is 6.07 Å². The molecule has 2 heterocycles. The second kappa shape index (κ2) is 6.18. The molecule has 2 aromatic rings. The molecule has 1 aliphatic rings. The van der Waals surface area contributed by atoms with Crippen molar-refractivity contribution in [1.82, 2.24) is 0 Å². The lowest BCUT2D eigenvalue weighted by molar-refractivity contribution is 0.244. The summed E-state index contributed by atoms with van der Waals surface area (Å²) < 4.78 is 19.5. The molecule has 0 spiro atoms. The maximum Gasteiger partial charge on any atom is 0.148 e. The fraction of sp³-hybridized carbons (Fsp3) is 0.375. The van der Waals surface area contributed by atoms with Gasteiger partial charge >= 0.3 is 0 Å². The molecule has 3 rings (SSSR count). The third kappa shape index (κ3) is 3.03. The summed E-state index contributed by atoms with van der Waals surface area (Å²) in [6, 6.07) is 8.65. The molecule has 0 unspecified atom stereocenters. The van der Waals surface area contributed by atoms with Crippen LogP contribution in [0.2, 0.25) is 0 Å². The van der Waals surface area contributed by atoms with E-state index in [1.807, 2.05) is 6.07 Å². The molecule has 0 radical (unpaired) electrons. The topological polar surface area (TPSA) is 48.6 Å². The van der Waals surface area contributed by atoms with E-state index in [9.17, 15) is 4.39 Å². The van der Waals surface area contributed by atoms with Crippen LogP contribution in [0.4, 0.5) is 15.8 Å². The monoisotopic (exact) mass is 290 g/mol. The highest BCUT2D eigenvalue weighted by Gasteiger charge is 2.18.